The predicted molar refractivity (Wildman–Crippen MR) is 93.0 cm³/mol. The molecule has 134 valence electrons. The Bertz CT molecular complexity index is 900. The van der Waals surface area contributed by atoms with Gasteiger partial charge >= 0.3 is 0 Å². The van der Waals surface area contributed by atoms with Crippen molar-refractivity contribution in [2.45, 2.75) is 37.8 Å². The van der Waals surface area contributed by atoms with E-state index in [0.29, 0.717) is 5.56 Å². The summed E-state index contributed by atoms with van der Waals surface area (Å²) in [6, 6.07) is 3.31. The predicted octanol–water partition coefficient (Wildman–Crippen LogP) is 1.81. The van der Waals surface area contributed by atoms with Crippen LogP contribution < -0.4 is 15.6 Å². The number of nitrogens with zero attached hydrogens (tertiary/aromatic N) is 3. The summed E-state index contributed by atoms with van der Waals surface area (Å²) in [5.74, 6) is -0.0430. The number of ether oxygens (including phenoxy) is 1. The molecule has 1 saturated carbocycles. The summed E-state index contributed by atoms with van der Waals surface area (Å²) in [5.41, 5.74) is 0.0469. The number of H-pyrrole nitrogens is 1. The molecule has 2 N–H and O–H groups in total. The zero-order valence-electron chi connectivity index (χ0n) is 13.7. The molecule has 0 unspecified atom stereocenters. The van der Waals surface area contributed by atoms with E-state index in [1.165, 1.54) is 24.7 Å². The molecule has 1 amide bonds. The number of hydrogen-bond donors (Lipinski definition) is 2. The van der Waals surface area contributed by atoms with Gasteiger partial charge in [-0.1, -0.05) is 11.6 Å². The molecule has 0 saturated heterocycles. The van der Waals surface area contributed by atoms with E-state index in [2.05, 4.69) is 20.3 Å². The van der Waals surface area contributed by atoms with Crippen molar-refractivity contribution in [2.24, 2.45) is 0 Å². The van der Waals surface area contributed by atoms with Crippen molar-refractivity contribution >= 4 is 17.5 Å². The van der Waals surface area contributed by atoms with Crippen LogP contribution in [0, 0.1) is 11.3 Å². The maximum atomic E-state index is 12.3. The number of hydrogen-bond acceptors (Lipinski definition) is 6. The topological polar surface area (TPSA) is 121 Å². The van der Waals surface area contributed by atoms with Crippen LogP contribution in [0.25, 0.3) is 0 Å². The Kier molecular flexibility index (Phi) is 5.49. The van der Waals surface area contributed by atoms with Crippen LogP contribution in [0.4, 0.5) is 0 Å². The number of halogens is 1. The molecule has 1 aliphatic carbocycles. The van der Waals surface area contributed by atoms with Gasteiger partial charge in [-0.25, -0.2) is 9.97 Å². The first-order valence-electron chi connectivity index (χ1n) is 8.13. The van der Waals surface area contributed by atoms with Crippen LogP contribution >= 0.6 is 11.6 Å². The summed E-state index contributed by atoms with van der Waals surface area (Å²) in [4.78, 5) is 33.9. The van der Waals surface area contributed by atoms with E-state index < -0.39 is 5.56 Å². The Labute approximate surface area is 154 Å². The van der Waals surface area contributed by atoms with Crippen molar-refractivity contribution in [3.05, 3.63) is 51.3 Å². The molecule has 0 radical (unpaired) electrons. The van der Waals surface area contributed by atoms with Crippen molar-refractivity contribution in [1.29, 1.82) is 5.26 Å². The van der Waals surface area contributed by atoms with E-state index in [9.17, 15) is 9.59 Å². The lowest BCUT2D eigenvalue weighted by Crippen LogP contribution is -2.40. The highest BCUT2D eigenvalue weighted by Crippen LogP contribution is 2.24. The molecule has 0 bridgehead atoms. The maximum absolute atomic E-state index is 12.3. The normalized spacial score (nSPS) is 19.4. The lowest BCUT2D eigenvalue weighted by Gasteiger charge is -2.29. The lowest BCUT2D eigenvalue weighted by molar-refractivity contribution is 0.0889. The van der Waals surface area contributed by atoms with Gasteiger partial charge in [0.05, 0.1) is 5.56 Å². The van der Waals surface area contributed by atoms with Crippen LogP contribution in [-0.2, 0) is 0 Å². The van der Waals surface area contributed by atoms with Gasteiger partial charge in [-0.15, -0.1) is 0 Å². The van der Waals surface area contributed by atoms with Crippen molar-refractivity contribution in [2.75, 3.05) is 0 Å². The number of nitrogens with one attached hydrogen (secondary N) is 2. The first-order valence-corrected chi connectivity index (χ1v) is 8.51. The second-order valence-electron chi connectivity index (χ2n) is 5.95. The smallest absolute Gasteiger partial charge is 0.266 e. The minimum Gasteiger partial charge on any atom is -0.472 e. The van der Waals surface area contributed by atoms with Gasteiger partial charge in [0.1, 0.15) is 17.2 Å². The number of amides is 1. The second-order valence-corrected chi connectivity index (χ2v) is 6.36. The summed E-state index contributed by atoms with van der Waals surface area (Å²) in [5, 5.41) is 11.9. The molecule has 0 spiro atoms. The Hall–Kier alpha value is -2.92. The molecule has 2 aromatic heterocycles. The van der Waals surface area contributed by atoms with Crippen LogP contribution in [0.15, 0.2) is 29.5 Å². The largest absolute Gasteiger partial charge is 0.472 e. The average Bonchev–Trinajstić information content (AvgIpc) is 2.66. The fraction of sp³-hybridized carbons (Fsp3) is 0.353. The highest BCUT2D eigenvalue weighted by Gasteiger charge is 2.25. The summed E-state index contributed by atoms with van der Waals surface area (Å²) in [6.45, 7) is 0. The molecular formula is C17H16ClN5O3. The van der Waals surface area contributed by atoms with Crippen LogP contribution in [0.2, 0.25) is 5.02 Å². The standard InChI is InChI=1S/C17H16ClN5O3/c18-13-7-10(9-22-16(13)25)15(24)23-11-1-3-12(4-2-11)26-17-14(8-19)20-5-6-21-17/h5-7,9,11-12H,1-4H2,(H,22,25)(H,23,24). The maximum Gasteiger partial charge on any atom is 0.266 e. The molecule has 3 rings (SSSR count). The molecule has 1 fully saturated rings. The molecule has 0 aromatic carbocycles. The zero-order chi connectivity index (χ0) is 18.5. The van der Waals surface area contributed by atoms with E-state index in [4.69, 9.17) is 21.6 Å². The number of rotatable bonds is 4. The number of carbonyl (C=O) groups is 1. The second kappa shape index (κ2) is 7.97. The zero-order valence-corrected chi connectivity index (χ0v) is 14.5. The Balaban J connectivity index is 1.53. The molecule has 2 heterocycles. The quantitative estimate of drug-likeness (QED) is 0.843. The van der Waals surface area contributed by atoms with E-state index >= 15 is 0 Å². The van der Waals surface area contributed by atoms with Gasteiger partial charge in [-0.3, -0.25) is 9.59 Å². The summed E-state index contributed by atoms with van der Waals surface area (Å²) >= 11 is 5.75. The fourth-order valence-corrected chi connectivity index (χ4v) is 3.00. The van der Waals surface area contributed by atoms with Crippen molar-refractivity contribution in [1.82, 2.24) is 20.3 Å². The number of pyridine rings is 1. The third-order valence-corrected chi connectivity index (χ3v) is 4.46. The molecule has 8 nitrogen and oxygen atoms in total. The SMILES string of the molecule is N#Cc1nccnc1OC1CCC(NC(=O)c2c[nH]c(=O)c(Cl)c2)CC1. The third kappa shape index (κ3) is 4.18. The minimum absolute atomic E-state index is 0.00495. The lowest BCUT2D eigenvalue weighted by atomic mass is 9.92. The molecule has 0 aliphatic heterocycles. The van der Waals surface area contributed by atoms with Crippen LogP contribution in [0.1, 0.15) is 41.7 Å². The van der Waals surface area contributed by atoms with Gasteiger partial charge in [0.25, 0.3) is 17.3 Å². The van der Waals surface area contributed by atoms with Crippen molar-refractivity contribution in [3.8, 4) is 11.9 Å². The number of aromatic amines is 1. The molecule has 0 atom stereocenters. The summed E-state index contributed by atoms with van der Waals surface area (Å²) in [7, 11) is 0. The van der Waals surface area contributed by atoms with Crippen molar-refractivity contribution in [3.63, 3.8) is 0 Å². The fourth-order valence-electron chi connectivity index (χ4n) is 2.83. The molecule has 2 aromatic rings. The monoisotopic (exact) mass is 373 g/mol. The van der Waals surface area contributed by atoms with E-state index in [1.54, 1.807) is 0 Å². The van der Waals surface area contributed by atoms with Gasteiger partial charge in [0, 0.05) is 24.6 Å². The first-order chi connectivity index (χ1) is 12.6. The number of aromatic nitrogens is 3. The van der Waals surface area contributed by atoms with Gasteiger partial charge in [0.2, 0.25) is 5.69 Å². The Morgan fingerprint density at radius 3 is 2.73 bits per heavy atom. The molecule has 9 heteroatoms. The molecule has 26 heavy (non-hydrogen) atoms. The van der Waals surface area contributed by atoms with Crippen LogP contribution in [0.5, 0.6) is 5.88 Å². The molecule has 1 aliphatic rings. The summed E-state index contributed by atoms with van der Waals surface area (Å²) in [6.07, 6.45) is 7.10. The third-order valence-electron chi connectivity index (χ3n) is 4.18. The van der Waals surface area contributed by atoms with Crippen LogP contribution in [0.3, 0.4) is 0 Å². The van der Waals surface area contributed by atoms with E-state index in [-0.39, 0.29) is 34.6 Å². The minimum atomic E-state index is -0.429. The first kappa shape index (κ1) is 17.9. The molecular weight excluding hydrogens is 358 g/mol. The Morgan fingerprint density at radius 1 is 1.31 bits per heavy atom. The highest BCUT2D eigenvalue weighted by molar-refractivity contribution is 6.30. The average molecular weight is 374 g/mol. The van der Waals surface area contributed by atoms with E-state index in [0.717, 1.165) is 25.7 Å². The van der Waals surface area contributed by atoms with Gasteiger partial charge < -0.3 is 15.0 Å². The van der Waals surface area contributed by atoms with Gasteiger partial charge in [-0.05, 0) is 31.7 Å². The van der Waals surface area contributed by atoms with Gasteiger partial charge in [0.15, 0.2) is 0 Å². The number of nitriles is 1. The van der Waals surface area contributed by atoms with Crippen LogP contribution in [-0.4, -0.2) is 33.0 Å². The highest BCUT2D eigenvalue weighted by atomic mass is 35.5. The number of carbonyl (C=O) groups excluding carboxylic acids is 1. The van der Waals surface area contributed by atoms with E-state index in [1.807, 2.05) is 6.07 Å². The van der Waals surface area contributed by atoms with Gasteiger partial charge in [-0.2, -0.15) is 5.26 Å². The Morgan fingerprint density at radius 2 is 2.04 bits per heavy atom. The summed E-state index contributed by atoms with van der Waals surface area (Å²) < 4.78 is 5.78. The van der Waals surface area contributed by atoms with Crippen molar-refractivity contribution < 1.29 is 9.53 Å².